The third kappa shape index (κ3) is 5.52. The summed E-state index contributed by atoms with van der Waals surface area (Å²) >= 11 is 0. The molecule has 0 unspecified atom stereocenters. The summed E-state index contributed by atoms with van der Waals surface area (Å²) in [4.78, 5) is 29.1. The highest BCUT2D eigenvalue weighted by molar-refractivity contribution is 5.96. The zero-order valence-corrected chi connectivity index (χ0v) is 14.7. The van der Waals surface area contributed by atoms with Crippen molar-refractivity contribution in [3.05, 3.63) is 96.1 Å². The predicted octanol–water partition coefficient (Wildman–Crippen LogP) is 3.33. The van der Waals surface area contributed by atoms with Crippen molar-refractivity contribution in [3.63, 3.8) is 0 Å². The van der Waals surface area contributed by atoms with Crippen LogP contribution in [0.5, 0.6) is 0 Å². The van der Waals surface area contributed by atoms with Gasteiger partial charge in [-0.1, -0.05) is 72.8 Å². The van der Waals surface area contributed by atoms with Crippen molar-refractivity contribution in [2.24, 2.45) is 0 Å². The number of benzene rings is 3. The van der Waals surface area contributed by atoms with E-state index in [0.717, 1.165) is 16.7 Å². The molecule has 0 spiro atoms. The Hall–Kier alpha value is -3.44. The number of amides is 2. The summed E-state index contributed by atoms with van der Waals surface area (Å²) in [5.41, 5.74) is 5.86. The smallest absolute Gasteiger partial charge is 0.262 e. The molecule has 2 amide bonds. The molecule has 0 aliphatic carbocycles. The molecule has 0 heterocycles. The highest BCUT2D eigenvalue weighted by Crippen LogP contribution is 2.19. The van der Waals surface area contributed by atoms with E-state index in [-0.39, 0.29) is 19.1 Å². The van der Waals surface area contributed by atoms with Crippen LogP contribution in [0.15, 0.2) is 84.9 Å². The van der Waals surface area contributed by atoms with E-state index < -0.39 is 5.91 Å². The summed E-state index contributed by atoms with van der Waals surface area (Å²) in [7, 11) is 0. The third-order valence-corrected chi connectivity index (χ3v) is 3.93. The largest absolute Gasteiger partial charge is 0.343 e. The molecule has 0 saturated carbocycles. The number of nitrogens with one attached hydrogen (secondary N) is 2. The van der Waals surface area contributed by atoms with Crippen molar-refractivity contribution < 1.29 is 14.4 Å². The highest BCUT2D eigenvalue weighted by atomic mass is 16.6. The molecule has 0 aromatic heterocycles. The zero-order chi connectivity index (χ0) is 18.9. The van der Waals surface area contributed by atoms with Gasteiger partial charge in [-0.3, -0.25) is 14.4 Å². The lowest BCUT2D eigenvalue weighted by atomic mass is 10.0. The van der Waals surface area contributed by atoms with Gasteiger partial charge in [-0.15, -0.1) is 0 Å². The SMILES string of the molecule is O=C(CNC(=O)c1ccc(-c2ccccc2)cc1)NOCc1ccccc1. The van der Waals surface area contributed by atoms with E-state index in [2.05, 4.69) is 10.8 Å². The van der Waals surface area contributed by atoms with Crippen LogP contribution < -0.4 is 10.8 Å². The standard InChI is InChI=1S/C22H20N2O3/c25-21(24-27-16-17-7-3-1-4-8-17)15-23-22(26)20-13-11-19(12-14-20)18-9-5-2-6-10-18/h1-14H,15-16H2,(H,23,26)(H,24,25). The molecular weight excluding hydrogens is 340 g/mol. The summed E-state index contributed by atoms with van der Waals surface area (Å²) in [6.07, 6.45) is 0. The second kappa shape index (κ2) is 9.31. The van der Waals surface area contributed by atoms with Crippen molar-refractivity contribution in [2.75, 3.05) is 6.54 Å². The number of hydrogen-bond acceptors (Lipinski definition) is 3. The molecule has 27 heavy (non-hydrogen) atoms. The van der Waals surface area contributed by atoms with Crippen LogP contribution in [0.25, 0.3) is 11.1 Å². The molecule has 3 aromatic rings. The third-order valence-electron chi connectivity index (χ3n) is 3.93. The second-order valence-corrected chi connectivity index (χ2v) is 5.93. The Labute approximate surface area is 157 Å². The lowest BCUT2D eigenvalue weighted by Crippen LogP contribution is -2.36. The quantitative estimate of drug-likeness (QED) is 0.635. The normalized spacial score (nSPS) is 10.2. The number of carbonyl (C=O) groups is 2. The Morgan fingerprint density at radius 3 is 2.00 bits per heavy atom. The first-order valence-corrected chi connectivity index (χ1v) is 8.60. The van der Waals surface area contributed by atoms with Crippen LogP contribution in [0.1, 0.15) is 15.9 Å². The molecule has 3 aromatic carbocycles. The first-order valence-electron chi connectivity index (χ1n) is 8.60. The number of hydrogen-bond donors (Lipinski definition) is 2. The summed E-state index contributed by atoms with van der Waals surface area (Å²) < 4.78 is 0. The van der Waals surface area contributed by atoms with Crippen LogP contribution in [-0.2, 0) is 16.2 Å². The van der Waals surface area contributed by atoms with Crippen LogP contribution in [0, 0.1) is 0 Å². The minimum atomic E-state index is -0.416. The van der Waals surface area contributed by atoms with E-state index in [9.17, 15) is 9.59 Å². The van der Waals surface area contributed by atoms with E-state index in [1.54, 1.807) is 12.1 Å². The second-order valence-electron chi connectivity index (χ2n) is 5.93. The van der Waals surface area contributed by atoms with E-state index in [1.807, 2.05) is 72.8 Å². The Morgan fingerprint density at radius 2 is 1.33 bits per heavy atom. The fraction of sp³-hybridized carbons (Fsp3) is 0.0909. The first-order chi connectivity index (χ1) is 13.2. The molecule has 0 atom stereocenters. The molecule has 0 aliphatic rings. The summed E-state index contributed by atoms with van der Waals surface area (Å²) in [6.45, 7) is 0.107. The summed E-state index contributed by atoms with van der Waals surface area (Å²) in [5.74, 6) is -0.729. The van der Waals surface area contributed by atoms with Gasteiger partial charge in [0, 0.05) is 5.56 Å². The van der Waals surface area contributed by atoms with Crippen LogP contribution in [-0.4, -0.2) is 18.4 Å². The monoisotopic (exact) mass is 360 g/mol. The van der Waals surface area contributed by atoms with Crippen LogP contribution in [0.4, 0.5) is 0 Å². The number of carbonyl (C=O) groups excluding carboxylic acids is 2. The van der Waals surface area contributed by atoms with Crippen LogP contribution >= 0.6 is 0 Å². The number of hydroxylamine groups is 1. The summed E-state index contributed by atoms with van der Waals surface area (Å²) in [5, 5.41) is 2.58. The van der Waals surface area contributed by atoms with Gasteiger partial charge < -0.3 is 5.32 Å². The molecule has 0 radical (unpaired) electrons. The maximum Gasteiger partial charge on any atom is 0.262 e. The van der Waals surface area contributed by atoms with E-state index in [1.165, 1.54) is 0 Å². The van der Waals surface area contributed by atoms with Crippen molar-refractivity contribution in [1.82, 2.24) is 10.8 Å². The van der Waals surface area contributed by atoms with Crippen LogP contribution in [0.3, 0.4) is 0 Å². The van der Waals surface area contributed by atoms with Crippen molar-refractivity contribution >= 4 is 11.8 Å². The lowest BCUT2D eigenvalue weighted by molar-refractivity contribution is -0.133. The van der Waals surface area contributed by atoms with Gasteiger partial charge in [-0.2, -0.15) is 0 Å². The van der Waals surface area contributed by atoms with Crippen LogP contribution in [0.2, 0.25) is 0 Å². The summed E-state index contributed by atoms with van der Waals surface area (Å²) in [6, 6.07) is 26.6. The van der Waals surface area contributed by atoms with Crippen molar-refractivity contribution in [1.29, 1.82) is 0 Å². The van der Waals surface area contributed by atoms with Gasteiger partial charge in [0.1, 0.15) is 0 Å². The lowest BCUT2D eigenvalue weighted by Gasteiger charge is -2.08. The molecule has 2 N–H and O–H groups in total. The van der Waals surface area contributed by atoms with Gasteiger partial charge in [-0.05, 0) is 28.8 Å². The fourth-order valence-corrected chi connectivity index (χ4v) is 2.52. The van der Waals surface area contributed by atoms with E-state index in [0.29, 0.717) is 5.56 Å². The Bertz CT molecular complexity index is 878. The molecule has 136 valence electrons. The Morgan fingerprint density at radius 1 is 0.741 bits per heavy atom. The fourth-order valence-electron chi connectivity index (χ4n) is 2.52. The van der Waals surface area contributed by atoms with Gasteiger partial charge in [0.05, 0.1) is 13.2 Å². The van der Waals surface area contributed by atoms with E-state index >= 15 is 0 Å². The molecule has 5 nitrogen and oxygen atoms in total. The predicted molar refractivity (Wildman–Crippen MR) is 104 cm³/mol. The Kier molecular flexibility index (Phi) is 6.33. The average Bonchev–Trinajstić information content (AvgIpc) is 2.73. The topological polar surface area (TPSA) is 67.4 Å². The van der Waals surface area contributed by atoms with Gasteiger partial charge >= 0.3 is 0 Å². The van der Waals surface area contributed by atoms with E-state index in [4.69, 9.17) is 4.84 Å². The van der Waals surface area contributed by atoms with Crippen molar-refractivity contribution in [3.8, 4) is 11.1 Å². The zero-order valence-electron chi connectivity index (χ0n) is 14.7. The molecule has 0 aliphatic heterocycles. The first kappa shape index (κ1) is 18.4. The highest BCUT2D eigenvalue weighted by Gasteiger charge is 2.08. The van der Waals surface area contributed by atoms with Gasteiger partial charge in [0.25, 0.3) is 11.8 Å². The van der Waals surface area contributed by atoms with Crippen molar-refractivity contribution in [2.45, 2.75) is 6.61 Å². The molecule has 0 bridgehead atoms. The Balaban J connectivity index is 1.44. The van der Waals surface area contributed by atoms with Gasteiger partial charge in [0.2, 0.25) is 0 Å². The minimum absolute atomic E-state index is 0.159. The number of rotatable bonds is 7. The minimum Gasteiger partial charge on any atom is -0.343 e. The molecular formula is C22H20N2O3. The van der Waals surface area contributed by atoms with Gasteiger partial charge in [0.15, 0.2) is 0 Å². The molecule has 0 saturated heterocycles. The molecule has 3 rings (SSSR count). The van der Waals surface area contributed by atoms with Gasteiger partial charge in [-0.25, -0.2) is 5.48 Å². The average molecular weight is 360 g/mol. The maximum atomic E-state index is 12.2. The molecule has 5 heteroatoms. The maximum absolute atomic E-state index is 12.2. The molecule has 0 fully saturated rings.